The number of carbonyl (C=O) groups excluding carboxylic acids is 1. The summed E-state index contributed by atoms with van der Waals surface area (Å²) in [5.41, 5.74) is -0.861. The van der Waals surface area contributed by atoms with Gasteiger partial charge in [-0.1, -0.05) is 12.2 Å². The second-order valence-corrected chi connectivity index (χ2v) is 11.8. The molecule has 192 valence electrons. The third-order valence-corrected chi connectivity index (χ3v) is 8.51. The van der Waals surface area contributed by atoms with Crippen LogP contribution in [0, 0.1) is 5.92 Å². The van der Waals surface area contributed by atoms with E-state index in [1.54, 1.807) is 20.8 Å². The number of halogens is 5. The van der Waals surface area contributed by atoms with Crippen molar-refractivity contribution in [2.75, 3.05) is 26.3 Å². The number of sulfonamides is 1. The lowest BCUT2D eigenvalue weighted by molar-refractivity contribution is -0.280. The molecule has 2 heterocycles. The molecule has 0 aromatic rings. The lowest BCUT2D eigenvalue weighted by Gasteiger charge is -2.41. The van der Waals surface area contributed by atoms with Crippen molar-refractivity contribution in [1.29, 1.82) is 0 Å². The molecule has 0 atom stereocenters. The molecule has 2 rings (SSSR count). The van der Waals surface area contributed by atoms with Crippen LogP contribution in [0.25, 0.3) is 0 Å². The van der Waals surface area contributed by atoms with E-state index in [9.17, 15) is 35.2 Å². The minimum atomic E-state index is -5.59. The average molecular weight is 506 g/mol. The summed E-state index contributed by atoms with van der Waals surface area (Å²) in [6.45, 7) is 5.47. The van der Waals surface area contributed by atoms with Gasteiger partial charge in [0.1, 0.15) is 5.60 Å². The summed E-state index contributed by atoms with van der Waals surface area (Å²) < 4.78 is 99.9. The molecule has 0 bridgehead atoms. The normalized spacial score (nSPS) is 21.9. The maximum Gasteiger partial charge on any atom is 0.453 e. The Kier molecular flexibility index (Phi) is 8.60. The molecule has 2 aliphatic rings. The number of ether oxygens (including phenoxy) is 2. The molecule has 0 spiro atoms. The lowest BCUT2D eigenvalue weighted by atomic mass is 9.94. The summed E-state index contributed by atoms with van der Waals surface area (Å²) in [4.78, 5) is 13.0. The number of nitrogens with zero attached hydrogens (tertiary/aromatic N) is 1. The highest BCUT2D eigenvalue weighted by Gasteiger charge is 2.57. The SMILES string of the molecule is CC(C)(C)OC(=O)C1(S(=O)(=O)N2CCC(C/C=C/CC(F)(F)C(F)(F)F)CC2)CCOCC1. The fourth-order valence-electron chi connectivity index (χ4n) is 3.91. The summed E-state index contributed by atoms with van der Waals surface area (Å²) in [6.07, 6.45) is -3.87. The zero-order valence-electron chi connectivity index (χ0n) is 19.1. The van der Waals surface area contributed by atoms with Gasteiger partial charge < -0.3 is 9.47 Å². The van der Waals surface area contributed by atoms with Crippen molar-refractivity contribution in [3.8, 4) is 0 Å². The molecule has 2 fully saturated rings. The van der Waals surface area contributed by atoms with Crippen molar-refractivity contribution in [2.24, 2.45) is 5.92 Å². The monoisotopic (exact) mass is 505 g/mol. The topological polar surface area (TPSA) is 72.9 Å². The Hall–Kier alpha value is -1.27. The molecule has 2 aliphatic heterocycles. The van der Waals surface area contributed by atoms with E-state index in [0.717, 1.165) is 6.08 Å². The van der Waals surface area contributed by atoms with Crippen molar-refractivity contribution < 1.29 is 44.6 Å². The number of rotatable bonds is 7. The van der Waals surface area contributed by atoms with Crippen LogP contribution in [-0.2, 0) is 24.3 Å². The van der Waals surface area contributed by atoms with Gasteiger partial charge in [0.2, 0.25) is 10.0 Å². The fraction of sp³-hybridized carbons (Fsp3) is 0.857. The highest BCUT2D eigenvalue weighted by molar-refractivity contribution is 7.91. The molecule has 2 saturated heterocycles. The molecular formula is C21H32F5NO5S. The molecule has 33 heavy (non-hydrogen) atoms. The van der Waals surface area contributed by atoms with Gasteiger partial charge in [0.15, 0.2) is 4.75 Å². The predicted molar refractivity (Wildman–Crippen MR) is 111 cm³/mol. The Bertz CT molecular complexity index is 806. The van der Waals surface area contributed by atoms with Gasteiger partial charge >= 0.3 is 18.1 Å². The number of carbonyl (C=O) groups is 1. The Labute approximate surface area is 191 Å². The standard InChI is InChI=1S/C21H32F5NO5S/c1-18(2,3)32-17(28)19(10-14-31-15-11-19)33(29,30)27-12-7-16(8-13-27)6-4-5-9-20(22,23)21(24,25)26/h4-5,16H,6-15H2,1-3H3/b5-4+. The van der Waals surface area contributed by atoms with Crippen molar-refractivity contribution in [2.45, 2.75) is 81.7 Å². The van der Waals surface area contributed by atoms with E-state index in [4.69, 9.17) is 9.47 Å². The minimum Gasteiger partial charge on any atom is -0.459 e. The zero-order chi connectivity index (χ0) is 25.1. The van der Waals surface area contributed by atoms with Crippen molar-refractivity contribution in [3.05, 3.63) is 12.2 Å². The molecule has 0 aliphatic carbocycles. The van der Waals surface area contributed by atoms with E-state index in [2.05, 4.69) is 0 Å². The quantitative estimate of drug-likeness (QED) is 0.290. The Morgan fingerprint density at radius 1 is 1.06 bits per heavy atom. The van der Waals surface area contributed by atoms with Crippen molar-refractivity contribution in [3.63, 3.8) is 0 Å². The van der Waals surface area contributed by atoms with Crippen LogP contribution in [0.1, 0.15) is 59.3 Å². The number of hydrogen-bond donors (Lipinski definition) is 0. The van der Waals surface area contributed by atoms with Gasteiger partial charge in [-0.2, -0.15) is 22.0 Å². The Balaban J connectivity index is 2.01. The number of alkyl halides is 5. The van der Waals surface area contributed by atoms with Crippen LogP contribution in [0.3, 0.4) is 0 Å². The molecule has 0 aromatic carbocycles. The van der Waals surface area contributed by atoms with E-state index in [1.807, 2.05) is 0 Å². The fourth-order valence-corrected chi connectivity index (χ4v) is 6.03. The van der Waals surface area contributed by atoms with Crippen LogP contribution >= 0.6 is 0 Å². The molecule has 6 nitrogen and oxygen atoms in total. The van der Waals surface area contributed by atoms with E-state index in [-0.39, 0.29) is 51.5 Å². The van der Waals surface area contributed by atoms with Crippen LogP contribution in [0.2, 0.25) is 0 Å². The first-order valence-corrected chi connectivity index (χ1v) is 12.4. The van der Waals surface area contributed by atoms with Gasteiger partial charge in [-0.25, -0.2) is 12.7 Å². The summed E-state index contributed by atoms with van der Waals surface area (Å²) in [7, 11) is -4.07. The Morgan fingerprint density at radius 3 is 2.09 bits per heavy atom. The van der Waals surface area contributed by atoms with Gasteiger partial charge in [-0.05, 0) is 46.0 Å². The first kappa shape index (κ1) is 28.0. The van der Waals surface area contributed by atoms with Crippen LogP contribution in [-0.4, -0.2) is 67.4 Å². The van der Waals surface area contributed by atoms with E-state index in [1.165, 1.54) is 10.4 Å². The molecule has 12 heteroatoms. The van der Waals surface area contributed by atoms with E-state index in [0.29, 0.717) is 12.8 Å². The van der Waals surface area contributed by atoms with Crippen LogP contribution in [0.4, 0.5) is 22.0 Å². The maximum atomic E-state index is 13.5. The lowest BCUT2D eigenvalue weighted by Crippen LogP contribution is -2.59. The smallest absolute Gasteiger partial charge is 0.453 e. The second-order valence-electron chi connectivity index (χ2n) is 9.57. The summed E-state index contributed by atoms with van der Waals surface area (Å²) in [6, 6.07) is 0. The summed E-state index contributed by atoms with van der Waals surface area (Å²) >= 11 is 0. The number of hydrogen-bond acceptors (Lipinski definition) is 5. The largest absolute Gasteiger partial charge is 0.459 e. The Morgan fingerprint density at radius 2 is 1.61 bits per heavy atom. The van der Waals surface area contributed by atoms with Gasteiger partial charge in [0.05, 0.1) is 0 Å². The molecule has 0 saturated carbocycles. The molecular weight excluding hydrogens is 473 g/mol. The molecule has 0 N–H and O–H groups in total. The van der Waals surface area contributed by atoms with Crippen LogP contribution in [0.15, 0.2) is 12.2 Å². The average Bonchev–Trinajstić information content (AvgIpc) is 2.70. The summed E-state index contributed by atoms with van der Waals surface area (Å²) in [5.74, 6) is -5.63. The first-order chi connectivity index (χ1) is 15.0. The number of allylic oxidation sites excluding steroid dienone is 2. The third kappa shape index (κ3) is 6.66. The predicted octanol–water partition coefficient (Wildman–Crippen LogP) is 4.45. The van der Waals surface area contributed by atoms with Crippen molar-refractivity contribution >= 4 is 16.0 Å². The van der Waals surface area contributed by atoms with Gasteiger partial charge in [-0.15, -0.1) is 0 Å². The molecule has 0 radical (unpaired) electrons. The second kappa shape index (κ2) is 10.2. The summed E-state index contributed by atoms with van der Waals surface area (Å²) in [5, 5.41) is 0. The molecule has 0 aromatic heterocycles. The molecule has 0 amide bonds. The third-order valence-electron chi connectivity index (χ3n) is 5.90. The van der Waals surface area contributed by atoms with E-state index >= 15 is 0 Å². The first-order valence-electron chi connectivity index (χ1n) is 10.9. The number of esters is 1. The van der Waals surface area contributed by atoms with Gasteiger partial charge in [0, 0.05) is 45.6 Å². The van der Waals surface area contributed by atoms with Crippen LogP contribution < -0.4 is 0 Å². The highest BCUT2D eigenvalue weighted by atomic mass is 32.2. The molecule has 0 unspecified atom stereocenters. The van der Waals surface area contributed by atoms with Crippen molar-refractivity contribution in [1.82, 2.24) is 4.31 Å². The van der Waals surface area contributed by atoms with Gasteiger partial charge in [-0.3, -0.25) is 4.79 Å². The maximum absolute atomic E-state index is 13.5. The van der Waals surface area contributed by atoms with Gasteiger partial charge in [0.25, 0.3) is 0 Å². The minimum absolute atomic E-state index is 0.0136. The number of piperidine rings is 1. The van der Waals surface area contributed by atoms with E-state index < -0.39 is 44.9 Å². The van der Waals surface area contributed by atoms with Crippen LogP contribution in [0.5, 0.6) is 0 Å². The highest BCUT2D eigenvalue weighted by Crippen LogP contribution is 2.39. The zero-order valence-corrected chi connectivity index (χ0v) is 19.9.